The minimum Gasteiger partial charge on any atom is -0.334 e. The van der Waals surface area contributed by atoms with E-state index in [1.807, 2.05) is 0 Å². The topological polar surface area (TPSA) is 23.6 Å². The minimum atomic E-state index is 0.386. The maximum Gasteiger partial charge on any atom is 0.223 e. The summed E-state index contributed by atoms with van der Waals surface area (Å²) in [5, 5.41) is 0. The number of hydrogen-bond donors (Lipinski definition) is 0. The van der Waals surface area contributed by atoms with Crippen LogP contribution < -0.4 is 0 Å². The molecule has 3 heteroatoms. The molecule has 1 unspecified atom stereocenters. The van der Waals surface area contributed by atoms with Crippen LogP contribution in [0.2, 0.25) is 0 Å². The molecular formula is C26H52N2O. The molecule has 1 rings (SSSR count). The fourth-order valence-electron chi connectivity index (χ4n) is 5.11. The van der Waals surface area contributed by atoms with Gasteiger partial charge < -0.3 is 4.90 Å². The van der Waals surface area contributed by atoms with Crippen LogP contribution in [0.1, 0.15) is 125 Å². The van der Waals surface area contributed by atoms with Gasteiger partial charge in [-0.1, -0.05) is 92.4 Å². The van der Waals surface area contributed by atoms with Crippen molar-refractivity contribution in [1.82, 2.24) is 9.80 Å². The molecule has 1 aliphatic rings. The average molecular weight is 409 g/mol. The molecule has 0 N–H and O–H groups in total. The van der Waals surface area contributed by atoms with Gasteiger partial charge in [0.25, 0.3) is 0 Å². The molecule has 1 amide bonds. The average Bonchev–Trinajstić information content (AvgIpc) is 2.73. The summed E-state index contributed by atoms with van der Waals surface area (Å²) in [6.45, 7) is 14.6. The number of piperazine rings is 1. The Morgan fingerprint density at radius 3 is 1.83 bits per heavy atom. The van der Waals surface area contributed by atoms with E-state index in [0.717, 1.165) is 38.3 Å². The van der Waals surface area contributed by atoms with Crippen molar-refractivity contribution < 1.29 is 4.79 Å². The molecule has 1 saturated heterocycles. The summed E-state index contributed by atoms with van der Waals surface area (Å²) in [4.78, 5) is 17.6. The van der Waals surface area contributed by atoms with Gasteiger partial charge in [0.05, 0.1) is 0 Å². The molecule has 1 heterocycles. The maximum absolute atomic E-state index is 12.7. The largest absolute Gasteiger partial charge is 0.334 e. The summed E-state index contributed by atoms with van der Waals surface area (Å²) in [5.41, 5.74) is 0. The first kappa shape index (κ1) is 26.5. The molecule has 0 aliphatic carbocycles. The smallest absolute Gasteiger partial charge is 0.223 e. The molecule has 1 fully saturated rings. The van der Waals surface area contributed by atoms with Crippen molar-refractivity contribution in [3.63, 3.8) is 0 Å². The van der Waals surface area contributed by atoms with Crippen LogP contribution in [0.15, 0.2) is 0 Å². The summed E-state index contributed by atoms with van der Waals surface area (Å²) in [7, 11) is 0. The molecule has 1 aliphatic heterocycles. The van der Waals surface area contributed by atoms with Gasteiger partial charge >= 0.3 is 0 Å². The molecule has 0 aromatic heterocycles. The van der Waals surface area contributed by atoms with Crippen LogP contribution >= 0.6 is 0 Å². The number of unbranched alkanes of at least 4 members (excludes halogenated alkanes) is 4. The predicted molar refractivity (Wildman–Crippen MR) is 127 cm³/mol. The third kappa shape index (κ3) is 9.85. The third-order valence-electron chi connectivity index (χ3n) is 6.94. The highest BCUT2D eigenvalue weighted by atomic mass is 16.2. The standard InChI is InChI=1S/C26H52N2O/c1-6-11-13-18-23(17-12-7-2)19-14-15-20-27-21-24(9-4)28(25(10-5)22-27)26(29)16-8-3/h23-25H,6-22H2,1-5H3/t23?,24-,25+. The first-order valence-electron chi connectivity index (χ1n) is 13.1. The number of rotatable bonds is 16. The van der Waals surface area contributed by atoms with Crippen molar-refractivity contribution >= 4 is 5.91 Å². The molecule has 172 valence electrons. The normalized spacial score (nSPS) is 21.5. The summed E-state index contributed by atoms with van der Waals surface area (Å²) < 4.78 is 0. The van der Waals surface area contributed by atoms with E-state index >= 15 is 0 Å². The summed E-state index contributed by atoms with van der Waals surface area (Å²) in [5.74, 6) is 1.34. The fourth-order valence-corrected chi connectivity index (χ4v) is 5.11. The number of carbonyl (C=O) groups excluding carboxylic acids is 1. The van der Waals surface area contributed by atoms with E-state index in [0.29, 0.717) is 24.4 Å². The van der Waals surface area contributed by atoms with E-state index in [9.17, 15) is 4.79 Å². The van der Waals surface area contributed by atoms with Crippen LogP contribution in [-0.4, -0.2) is 47.4 Å². The zero-order valence-corrected chi connectivity index (χ0v) is 20.6. The zero-order valence-electron chi connectivity index (χ0n) is 20.6. The van der Waals surface area contributed by atoms with Gasteiger partial charge in [0.2, 0.25) is 5.91 Å². The van der Waals surface area contributed by atoms with Gasteiger partial charge in [-0.15, -0.1) is 0 Å². The molecule has 0 radical (unpaired) electrons. The fraction of sp³-hybridized carbons (Fsp3) is 0.962. The lowest BCUT2D eigenvalue weighted by Crippen LogP contribution is -2.60. The van der Waals surface area contributed by atoms with Crippen molar-refractivity contribution in [2.24, 2.45) is 5.92 Å². The first-order valence-corrected chi connectivity index (χ1v) is 13.1. The van der Waals surface area contributed by atoms with E-state index < -0.39 is 0 Å². The maximum atomic E-state index is 12.7. The highest BCUT2D eigenvalue weighted by Crippen LogP contribution is 2.25. The Balaban J connectivity index is 2.45. The predicted octanol–water partition coefficient (Wildman–Crippen LogP) is 7.04. The number of amides is 1. The van der Waals surface area contributed by atoms with Crippen molar-refractivity contribution in [2.75, 3.05) is 19.6 Å². The monoisotopic (exact) mass is 408 g/mol. The SMILES string of the molecule is CCCCCC(CCCC)CCCCN1C[C@@H](CC)N(C(=O)CCC)[C@@H](CC)C1. The lowest BCUT2D eigenvalue weighted by atomic mass is 9.90. The quantitative estimate of drug-likeness (QED) is 0.256. The summed E-state index contributed by atoms with van der Waals surface area (Å²) in [6.07, 6.45) is 17.8. The Morgan fingerprint density at radius 1 is 0.759 bits per heavy atom. The minimum absolute atomic E-state index is 0.386. The third-order valence-corrected chi connectivity index (χ3v) is 6.94. The van der Waals surface area contributed by atoms with Gasteiger partial charge in [-0.05, 0) is 38.1 Å². The molecular weight excluding hydrogens is 356 g/mol. The summed E-state index contributed by atoms with van der Waals surface area (Å²) in [6, 6.07) is 0.832. The number of hydrogen-bond acceptors (Lipinski definition) is 2. The van der Waals surface area contributed by atoms with Crippen LogP contribution in [0, 0.1) is 5.92 Å². The molecule has 0 aromatic rings. The Morgan fingerprint density at radius 2 is 1.31 bits per heavy atom. The highest BCUT2D eigenvalue weighted by molar-refractivity contribution is 5.77. The molecule has 0 saturated carbocycles. The molecule has 3 nitrogen and oxygen atoms in total. The Labute approximate surface area is 183 Å². The van der Waals surface area contributed by atoms with Crippen LogP contribution in [-0.2, 0) is 4.79 Å². The molecule has 0 spiro atoms. The van der Waals surface area contributed by atoms with E-state index in [-0.39, 0.29) is 0 Å². The second-order valence-electron chi connectivity index (χ2n) is 9.43. The number of nitrogens with zero attached hydrogens (tertiary/aromatic N) is 2. The van der Waals surface area contributed by atoms with Crippen LogP contribution in [0.4, 0.5) is 0 Å². The lowest BCUT2D eigenvalue weighted by molar-refractivity contribution is -0.140. The molecule has 0 bridgehead atoms. The van der Waals surface area contributed by atoms with Gasteiger partial charge in [-0.2, -0.15) is 0 Å². The van der Waals surface area contributed by atoms with Crippen LogP contribution in [0.3, 0.4) is 0 Å². The van der Waals surface area contributed by atoms with Gasteiger partial charge in [0.1, 0.15) is 0 Å². The first-order chi connectivity index (χ1) is 14.1. The lowest BCUT2D eigenvalue weighted by Gasteiger charge is -2.47. The van der Waals surface area contributed by atoms with Crippen LogP contribution in [0.25, 0.3) is 0 Å². The second kappa shape index (κ2) is 16.2. The Kier molecular flexibility index (Phi) is 14.8. The Bertz CT molecular complexity index is 398. The van der Waals surface area contributed by atoms with Gasteiger partial charge in [-0.25, -0.2) is 0 Å². The van der Waals surface area contributed by atoms with Crippen LogP contribution in [0.5, 0.6) is 0 Å². The van der Waals surface area contributed by atoms with Crippen molar-refractivity contribution in [3.8, 4) is 0 Å². The molecule has 0 aromatic carbocycles. The molecule has 29 heavy (non-hydrogen) atoms. The van der Waals surface area contributed by atoms with E-state index in [1.54, 1.807) is 0 Å². The van der Waals surface area contributed by atoms with Crippen molar-refractivity contribution in [2.45, 2.75) is 137 Å². The van der Waals surface area contributed by atoms with E-state index in [4.69, 9.17) is 0 Å². The summed E-state index contributed by atoms with van der Waals surface area (Å²) >= 11 is 0. The van der Waals surface area contributed by atoms with E-state index in [2.05, 4.69) is 44.4 Å². The van der Waals surface area contributed by atoms with E-state index in [1.165, 1.54) is 70.8 Å². The van der Waals surface area contributed by atoms with Gasteiger partial charge in [0.15, 0.2) is 0 Å². The molecule has 3 atom stereocenters. The second-order valence-corrected chi connectivity index (χ2v) is 9.43. The van der Waals surface area contributed by atoms with Crippen molar-refractivity contribution in [3.05, 3.63) is 0 Å². The highest BCUT2D eigenvalue weighted by Gasteiger charge is 2.34. The zero-order chi connectivity index (χ0) is 21.5. The Hall–Kier alpha value is -0.570. The number of carbonyl (C=O) groups is 1. The van der Waals surface area contributed by atoms with Gasteiger partial charge in [0, 0.05) is 31.6 Å². The van der Waals surface area contributed by atoms with Crippen molar-refractivity contribution in [1.29, 1.82) is 0 Å². The van der Waals surface area contributed by atoms with Gasteiger partial charge in [-0.3, -0.25) is 9.69 Å².